The number of ether oxygens (including phenoxy) is 1. The normalized spacial score (nSPS) is 16.7. The monoisotopic (exact) mass is 587 g/mol. The second-order valence-corrected chi connectivity index (χ2v) is 13.4. The number of rotatable bonds is 5. The van der Waals surface area contributed by atoms with E-state index in [2.05, 4.69) is 21.4 Å². The average Bonchev–Trinajstić information content (AvgIpc) is 3.70. The molecule has 0 atom stereocenters. The van der Waals surface area contributed by atoms with Crippen molar-refractivity contribution in [3.05, 3.63) is 69.9 Å². The zero-order valence-corrected chi connectivity index (χ0v) is 25.7. The molecule has 43 heavy (non-hydrogen) atoms. The van der Waals surface area contributed by atoms with Gasteiger partial charge in [0.15, 0.2) is 5.65 Å². The van der Waals surface area contributed by atoms with E-state index in [0.29, 0.717) is 35.6 Å². The first kappa shape index (κ1) is 28.8. The number of carbonyl (C=O) groups is 1. The Bertz CT molecular complexity index is 1790. The quantitative estimate of drug-likeness (QED) is 0.292. The minimum Gasteiger partial charge on any atom is -0.444 e. The van der Waals surface area contributed by atoms with Gasteiger partial charge in [-0.2, -0.15) is 4.98 Å². The summed E-state index contributed by atoms with van der Waals surface area (Å²) >= 11 is 0. The fourth-order valence-electron chi connectivity index (χ4n) is 5.73. The summed E-state index contributed by atoms with van der Waals surface area (Å²) in [4.78, 5) is 41.6. The number of alkyl halides is 1. The molecule has 0 saturated heterocycles. The van der Waals surface area contributed by atoms with Crippen molar-refractivity contribution in [1.82, 2.24) is 29.2 Å². The van der Waals surface area contributed by atoms with Crippen LogP contribution in [-0.2, 0) is 22.4 Å². The van der Waals surface area contributed by atoms with Crippen LogP contribution in [-0.4, -0.2) is 47.5 Å². The van der Waals surface area contributed by atoms with Gasteiger partial charge in [0.25, 0.3) is 5.56 Å². The van der Waals surface area contributed by atoms with Gasteiger partial charge in [0.2, 0.25) is 5.95 Å². The van der Waals surface area contributed by atoms with Gasteiger partial charge in [-0.1, -0.05) is 6.07 Å². The summed E-state index contributed by atoms with van der Waals surface area (Å²) < 4.78 is 23.9. The Morgan fingerprint density at radius 1 is 1.09 bits per heavy atom. The topological polar surface area (TPSA) is 107 Å². The second kappa shape index (κ2) is 9.89. The predicted octanol–water partition coefficient (Wildman–Crippen LogP) is 6.29. The number of aromatic nitrogens is 5. The lowest BCUT2D eigenvalue weighted by atomic mass is 9.83. The fourth-order valence-corrected chi connectivity index (χ4v) is 5.73. The van der Waals surface area contributed by atoms with E-state index in [1.807, 2.05) is 46.8 Å². The highest BCUT2D eigenvalue weighted by molar-refractivity contribution is 5.77. The Balaban J connectivity index is 1.34. The van der Waals surface area contributed by atoms with Crippen molar-refractivity contribution in [1.29, 1.82) is 0 Å². The molecule has 0 spiro atoms. The number of pyridine rings is 1. The molecule has 4 aromatic rings. The Morgan fingerprint density at radius 3 is 2.51 bits per heavy atom. The summed E-state index contributed by atoms with van der Waals surface area (Å²) in [5.41, 5.74) is 1.34. The molecule has 1 fully saturated rings. The molecule has 0 unspecified atom stereocenters. The van der Waals surface area contributed by atoms with Crippen LogP contribution in [0.3, 0.4) is 0 Å². The standard InChI is InChI=1S/C32H38FN7O3/c1-30(2,3)43-29(42)38-15-13-19-16-20(8-11-24(19)32(38,6)7)36-28-35-18-23-26(37-28)39(40(27(23)41)21-9-10-21)22-12-14-34-25(17-22)31(4,5)33/h8,11-12,14,16-18,21H,9-10,13,15H2,1-7H3,(H,35,36,37). The van der Waals surface area contributed by atoms with Gasteiger partial charge in [0.1, 0.15) is 16.7 Å². The van der Waals surface area contributed by atoms with E-state index in [1.165, 1.54) is 13.8 Å². The number of halogens is 1. The third-order valence-corrected chi connectivity index (χ3v) is 8.03. The van der Waals surface area contributed by atoms with Crippen LogP contribution in [0.2, 0.25) is 0 Å². The number of anilines is 2. The summed E-state index contributed by atoms with van der Waals surface area (Å²) in [6, 6.07) is 9.49. The number of hydrogen-bond acceptors (Lipinski definition) is 7. The van der Waals surface area contributed by atoms with Crippen LogP contribution in [0, 0.1) is 0 Å². The Hall–Kier alpha value is -4.28. The molecule has 10 nitrogen and oxygen atoms in total. The van der Waals surface area contributed by atoms with Gasteiger partial charge in [-0.3, -0.25) is 14.7 Å². The number of amides is 1. The summed E-state index contributed by atoms with van der Waals surface area (Å²) in [7, 11) is 0. The number of nitrogens with zero attached hydrogens (tertiary/aromatic N) is 6. The molecule has 3 aromatic heterocycles. The molecule has 1 N–H and O–H groups in total. The van der Waals surface area contributed by atoms with Crippen molar-refractivity contribution in [2.75, 3.05) is 11.9 Å². The van der Waals surface area contributed by atoms with Gasteiger partial charge in [0, 0.05) is 24.6 Å². The van der Waals surface area contributed by atoms with E-state index < -0.39 is 16.8 Å². The van der Waals surface area contributed by atoms with E-state index in [4.69, 9.17) is 9.72 Å². The highest BCUT2D eigenvalue weighted by Crippen LogP contribution is 2.38. The molecule has 2 aliphatic rings. The maximum atomic E-state index is 14.8. The van der Waals surface area contributed by atoms with Crippen molar-refractivity contribution in [2.45, 2.75) is 90.6 Å². The predicted molar refractivity (Wildman–Crippen MR) is 163 cm³/mol. The lowest BCUT2D eigenvalue weighted by Gasteiger charge is -2.44. The number of benzene rings is 1. The fraction of sp³-hybridized carbons (Fsp3) is 0.469. The van der Waals surface area contributed by atoms with Gasteiger partial charge in [-0.05, 0) is 103 Å². The Kier molecular flexibility index (Phi) is 6.63. The van der Waals surface area contributed by atoms with Crippen LogP contribution in [0.4, 0.5) is 20.8 Å². The molecule has 1 amide bonds. The zero-order valence-electron chi connectivity index (χ0n) is 25.7. The summed E-state index contributed by atoms with van der Waals surface area (Å²) in [5, 5.41) is 3.70. The number of hydrogen-bond donors (Lipinski definition) is 1. The summed E-state index contributed by atoms with van der Waals surface area (Å²) in [6.07, 6.45) is 5.22. The van der Waals surface area contributed by atoms with E-state index >= 15 is 0 Å². The maximum absolute atomic E-state index is 14.8. The van der Waals surface area contributed by atoms with Gasteiger partial charge >= 0.3 is 6.09 Å². The lowest BCUT2D eigenvalue weighted by molar-refractivity contribution is -0.000303. The van der Waals surface area contributed by atoms with Crippen LogP contribution in [0.15, 0.2) is 47.5 Å². The van der Waals surface area contributed by atoms with E-state index in [-0.39, 0.29) is 23.4 Å². The minimum atomic E-state index is -1.64. The first-order valence-electron chi connectivity index (χ1n) is 14.7. The van der Waals surface area contributed by atoms with Crippen LogP contribution < -0.4 is 10.9 Å². The second-order valence-electron chi connectivity index (χ2n) is 13.4. The molecular weight excluding hydrogens is 549 g/mol. The van der Waals surface area contributed by atoms with Crippen LogP contribution in [0.5, 0.6) is 0 Å². The Labute approximate surface area is 249 Å². The van der Waals surface area contributed by atoms with Crippen LogP contribution >= 0.6 is 0 Å². The molecule has 1 aromatic carbocycles. The van der Waals surface area contributed by atoms with Gasteiger partial charge < -0.3 is 10.1 Å². The number of nitrogens with one attached hydrogen (secondary N) is 1. The van der Waals surface area contributed by atoms with Gasteiger partial charge in [-0.25, -0.2) is 23.5 Å². The molecule has 1 aliphatic carbocycles. The van der Waals surface area contributed by atoms with Crippen molar-refractivity contribution >= 4 is 28.8 Å². The summed E-state index contributed by atoms with van der Waals surface area (Å²) in [6.45, 7) is 13.1. The first-order chi connectivity index (χ1) is 20.1. The third-order valence-electron chi connectivity index (χ3n) is 8.03. The number of fused-ring (bicyclic) bond motifs is 2. The van der Waals surface area contributed by atoms with E-state index in [9.17, 15) is 14.0 Å². The molecule has 0 bridgehead atoms. The Morgan fingerprint density at radius 2 is 1.84 bits per heavy atom. The molecule has 6 rings (SSSR count). The first-order valence-corrected chi connectivity index (χ1v) is 14.7. The largest absolute Gasteiger partial charge is 0.444 e. The van der Waals surface area contributed by atoms with Gasteiger partial charge in [-0.15, -0.1) is 0 Å². The van der Waals surface area contributed by atoms with Crippen molar-refractivity contribution in [2.24, 2.45) is 0 Å². The van der Waals surface area contributed by atoms with E-state index in [0.717, 1.165) is 29.7 Å². The maximum Gasteiger partial charge on any atom is 0.411 e. The molecule has 4 heterocycles. The van der Waals surface area contributed by atoms with Crippen molar-refractivity contribution < 1.29 is 13.9 Å². The van der Waals surface area contributed by atoms with Crippen molar-refractivity contribution in [3.8, 4) is 5.69 Å². The molecule has 0 radical (unpaired) electrons. The molecule has 1 aliphatic heterocycles. The minimum absolute atomic E-state index is 0.0531. The molecule has 1 saturated carbocycles. The molecular formula is C32H38FN7O3. The highest BCUT2D eigenvalue weighted by atomic mass is 19.1. The van der Waals surface area contributed by atoms with E-state index in [1.54, 1.807) is 38.8 Å². The SMILES string of the molecule is CC(C)(C)OC(=O)N1CCc2cc(Nc3ncc4c(=O)n(C5CC5)n(-c5ccnc(C(C)(C)F)c5)c4n3)ccc2C1(C)C. The highest BCUT2D eigenvalue weighted by Gasteiger charge is 2.39. The van der Waals surface area contributed by atoms with Crippen molar-refractivity contribution in [3.63, 3.8) is 0 Å². The van der Waals surface area contributed by atoms with Gasteiger partial charge in [0.05, 0.1) is 23.0 Å². The molecule has 11 heteroatoms. The summed E-state index contributed by atoms with van der Waals surface area (Å²) in [5.74, 6) is 0.333. The average molecular weight is 588 g/mol. The lowest BCUT2D eigenvalue weighted by Crippen LogP contribution is -2.51. The zero-order chi connectivity index (χ0) is 30.9. The number of carbonyl (C=O) groups excluding carboxylic acids is 1. The molecule has 226 valence electrons. The smallest absolute Gasteiger partial charge is 0.411 e. The third kappa shape index (κ3) is 5.36. The van der Waals surface area contributed by atoms with Crippen LogP contribution in [0.1, 0.15) is 84.2 Å². The van der Waals surface area contributed by atoms with Crippen LogP contribution in [0.25, 0.3) is 16.7 Å².